The molecule has 0 saturated heterocycles. The van der Waals surface area contributed by atoms with Crippen LogP contribution in [-0.4, -0.2) is 22.5 Å². The molecule has 2 aromatic rings. The molecule has 2 N–H and O–H groups in total. The summed E-state index contributed by atoms with van der Waals surface area (Å²) >= 11 is 0. The van der Waals surface area contributed by atoms with Gasteiger partial charge in [-0.15, -0.1) is 0 Å². The van der Waals surface area contributed by atoms with E-state index in [2.05, 4.69) is 9.47 Å². The second-order valence-corrected chi connectivity index (χ2v) is 3.91. The van der Waals surface area contributed by atoms with E-state index in [4.69, 9.17) is 10.2 Å². The minimum atomic E-state index is -1.67. The lowest BCUT2D eigenvalue weighted by Gasteiger charge is -2.13. The number of hydrogen-bond acceptors (Lipinski definition) is 6. The van der Waals surface area contributed by atoms with E-state index in [9.17, 15) is 20.1 Å². The fourth-order valence-corrected chi connectivity index (χ4v) is 1.98. The number of carbonyl (C=O) groups is 2. The van der Waals surface area contributed by atoms with Crippen LogP contribution in [0.1, 0.15) is 11.1 Å². The average Bonchev–Trinajstić information content (AvgIpc) is 2.48. The molecule has 22 heavy (non-hydrogen) atoms. The van der Waals surface area contributed by atoms with Crippen LogP contribution < -0.4 is 9.47 Å². The highest BCUT2D eigenvalue weighted by molar-refractivity contribution is 5.99. The number of benzene rings is 2. The summed E-state index contributed by atoms with van der Waals surface area (Å²) < 4.78 is 9.18. The minimum Gasteiger partial charge on any atom is -0.449 e. The number of nitrogens with zero attached hydrogens (tertiary/aromatic N) is 2. The molecule has 0 aromatic heterocycles. The molecule has 0 saturated carbocycles. The molecule has 0 aliphatic carbocycles. The SMILES string of the molecule is N#Cc1c(C#N)c(OC(=O)O)c2ccccc2c1OC(=O)O. The topological polar surface area (TPSA) is 141 Å². The van der Waals surface area contributed by atoms with Gasteiger partial charge >= 0.3 is 12.3 Å². The first-order chi connectivity index (χ1) is 10.5. The third kappa shape index (κ3) is 2.44. The van der Waals surface area contributed by atoms with Crippen LogP contribution >= 0.6 is 0 Å². The zero-order chi connectivity index (χ0) is 16.3. The van der Waals surface area contributed by atoms with E-state index >= 15 is 0 Å². The number of carboxylic acid groups (broad SMARTS) is 2. The van der Waals surface area contributed by atoms with Crippen molar-refractivity contribution in [1.82, 2.24) is 0 Å². The van der Waals surface area contributed by atoms with Crippen LogP contribution in [0.3, 0.4) is 0 Å². The first-order valence-corrected chi connectivity index (χ1v) is 5.70. The molecule has 2 aromatic carbocycles. The summed E-state index contributed by atoms with van der Waals surface area (Å²) in [6, 6.07) is 9.20. The van der Waals surface area contributed by atoms with Gasteiger partial charge in [-0.25, -0.2) is 9.59 Å². The van der Waals surface area contributed by atoms with Gasteiger partial charge in [0.15, 0.2) is 11.5 Å². The third-order valence-electron chi connectivity index (χ3n) is 2.72. The Morgan fingerprint density at radius 2 is 1.23 bits per heavy atom. The van der Waals surface area contributed by atoms with Crippen molar-refractivity contribution in [3.05, 3.63) is 35.4 Å². The van der Waals surface area contributed by atoms with Gasteiger partial charge in [0.25, 0.3) is 0 Å². The summed E-state index contributed by atoms with van der Waals surface area (Å²) in [5.74, 6) is -0.695. The van der Waals surface area contributed by atoms with Gasteiger partial charge in [-0.1, -0.05) is 24.3 Å². The third-order valence-corrected chi connectivity index (χ3v) is 2.72. The second-order valence-electron chi connectivity index (χ2n) is 3.91. The van der Waals surface area contributed by atoms with Gasteiger partial charge in [-0.2, -0.15) is 10.5 Å². The molecule has 0 radical (unpaired) electrons. The van der Waals surface area contributed by atoms with E-state index in [-0.39, 0.29) is 22.3 Å². The van der Waals surface area contributed by atoms with Gasteiger partial charge in [-0.3, -0.25) is 0 Å². The summed E-state index contributed by atoms with van der Waals surface area (Å²) in [7, 11) is 0. The molecule has 8 heteroatoms. The molecule has 0 aliphatic rings. The highest BCUT2D eigenvalue weighted by Gasteiger charge is 2.24. The lowest BCUT2D eigenvalue weighted by atomic mass is 9.99. The molecule has 0 spiro atoms. The largest absolute Gasteiger partial charge is 0.511 e. The predicted octanol–water partition coefficient (Wildman–Crippen LogP) is 2.70. The highest BCUT2D eigenvalue weighted by atomic mass is 16.7. The monoisotopic (exact) mass is 298 g/mol. The van der Waals surface area contributed by atoms with E-state index in [0.29, 0.717) is 0 Å². The summed E-state index contributed by atoms with van der Waals surface area (Å²) in [6.07, 6.45) is -3.34. The Morgan fingerprint density at radius 1 is 0.864 bits per heavy atom. The van der Waals surface area contributed by atoms with Gasteiger partial charge in [0.1, 0.15) is 23.3 Å². The van der Waals surface area contributed by atoms with Crippen molar-refractivity contribution in [1.29, 1.82) is 10.5 Å². The molecule has 0 amide bonds. The van der Waals surface area contributed by atoms with Crippen molar-refractivity contribution >= 4 is 23.1 Å². The van der Waals surface area contributed by atoms with Gasteiger partial charge < -0.3 is 19.7 Å². The lowest BCUT2D eigenvalue weighted by Crippen LogP contribution is -2.10. The van der Waals surface area contributed by atoms with E-state index in [0.717, 1.165) is 0 Å². The Kier molecular flexibility index (Phi) is 3.78. The first-order valence-electron chi connectivity index (χ1n) is 5.70. The standard InChI is InChI=1S/C14H6N2O6/c15-5-9-10(6-16)12(22-14(19)20)8-4-2-1-3-7(8)11(9)21-13(17)18/h1-4H,(H,17,18)(H,19,20). The lowest BCUT2D eigenvalue weighted by molar-refractivity contribution is 0.142. The molecule has 0 heterocycles. The minimum absolute atomic E-state index is 0.136. The molecule has 108 valence electrons. The number of rotatable bonds is 2. The quantitative estimate of drug-likeness (QED) is 0.636. The van der Waals surface area contributed by atoms with E-state index < -0.39 is 23.4 Å². The molecule has 0 aliphatic heterocycles. The Morgan fingerprint density at radius 3 is 1.50 bits per heavy atom. The Labute approximate surface area is 122 Å². The van der Waals surface area contributed by atoms with Crippen molar-refractivity contribution < 1.29 is 29.3 Å². The van der Waals surface area contributed by atoms with Gasteiger partial charge in [0.05, 0.1) is 0 Å². The molecule has 0 fully saturated rings. The van der Waals surface area contributed by atoms with E-state index in [1.54, 1.807) is 12.1 Å². The Hall–Kier alpha value is -3.78. The molecule has 2 rings (SSSR count). The van der Waals surface area contributed by atoms with Crippen LogP contribution in [0.25, 0.3) is 10.8 Å². The Balaban J connectivity index is 2.97. The maximum absolute atomic E-state index is 10.8. The van der Waals surface area contributed by atoms with E-state index in [1.807, 2.05) is 0 Å². The first kappa shape index (κ1) is 14.6. The fourth-order valence-electron chi connectivity index (χ4n) is 1.98. The number of nitriles is 2. The van der Waals surface area contributed by atoms with Crippen molar-refractivity contribution in [3.63, 3.8) is 0 Å². The predicted molar refractivity (Wildman–Crippen MR) is 70.7 cm³/mol. The highest BCUT2D eigenvalue weighted by Crippen LogP contribution is 2.40. The number of hydrogen-bond donors (Lipinski definition) is 2. The molecule has 8 nitrogen and oxygen atoms in total. The van der Waals surface area contributed by atoms with Crippen LogP contribution in [0.5, 0.6) is 11.5 Å². The average molecular weight is 298 g/mol. The molecule has 0 atom stereocenters. The van der Waals surface area contributed by atoms with Gasteiger partial charge in [-0.05, 0) is 0 Å². The normalized spacial score (nSPS) is 9.55. The molecule has 0 bridgehead atoms. The number of fused-ring (bicyclic) bond motifs is 1. The Bertz CT molecular complexity index is 803. The zero-order valence-corrected chi connectivity index (χ0v) is 10.7. The fraction of sp³-hybridized carbons (Fsp3) is 0. The number of ether oxygens (including phenoxy) is 2. The second kappa shape index (κ2) is 5.69. The summed E-state index contributed by atoms with van der Waals surface area (Å²) in [5.41, 5.74) is -0.834. The van der Waals surface area contributed by atoms with Gasteiger partial charge in [0, 0.05) is 10.8 Å². The van der Waals surface area contributed by atoms with Gasteiger partial charge in [0.2, 0.25) is 0 Å². The van der Waals surface area contributed by atoms with Crippen LogP contribution in [0.15, 0.2) is 24.3 Å². The smallest absolute Gasteiger partial charge is 0.449 e. The van der Waals surface area contributed by atoms with Crippen molar-refractivity contribution in [2.24, 2.45) is 0 Å². The summed E-state index contributed by atoms with van der Waals surface area (Å²) in [5, 5.41) is 36.2. The van der Waals surface area contributed by atoms with Crippen molar-refractivity contribution in [2.75, 3.05) is 0 Å². The maximum Gasteiger partial charge on any atom is 0.511 e. The van der Waals surface area contributed by atoms with Crippen molar-refractivity contribution in [2.45, 2.75) is 0 Å². The summed E-state index contributed by atoms with van der Waals surface area (Å²) in [6.45, 7) is 0. The zero-order valence-electron chi connectivity index (χ0n) is 10.7. The summed E-state index contributed by atoms with van der Waals surface area (Å²) in [4.78, 5) is 21.6. The maximum atomic E-state index is 10.8. The van der Waals surface area contributed by atoms with Crippen LogP contribution in [0.2, 0.25) is 0 Å². The van der Waals surface area contributed by atoms with E-state index in [1.165, 1.54) is 24.3 Å². The van der Waals surface area contributed by atoms with Crippen LogP contribution in [0.4, 0.5) is 9.59 Å². The van der Waals surface area contributed by atoms with Crippen LogP contribution in [0, 0.1) is 22.7 Å². The van der Waals surface area contributed by atoms with Crippen molar-refractivity contribution in [3.8, 4) is 23.6 Å². The molecule has 0 unspecified atom stereocenters. The van der Waals surface area contributed by atoms with Crippen LogP contribution in [-0.2, 0) is 0 Å². The molecular weight excluding hydrogens is 292 g/mol. The molecular formula is C14H6N2O6.